The summed E-state index contributed by atoms with van der Waals surface area (Å²) in [5.41, 5.74) is 2.77. The van der Waals surface area contributed by atoms with E-state index in [0.29, 0.717) is 24.7 Å². The van der Waals surface area contributed by atoms with Gasteiger partial charge in [0.1, 0.15) is 0 Å². The molecule has 3 rings (SSSR count). The van der Waals surface area contributed by atoms with Crippen LogP contribution in [-0.4, -0.2) is 51.6 Å². The molecule has 2 N–H and O–H groups in total. The van der Waals surface area contributed by atoms with Crippen LogP contribution in [-0.2, 0) is 27.4 Å². The second-order valence-corrected chi connectivity index (χ2v) is 9.14. The third kappa shape index (κ3) is 10.1. The van der Waals surface area contributed by atoms with Crippen LogP contribution in [0.2, 0.25) is 0 Å². The molecule has 188 valence electrons. The van der Waals surface area contributed by atoms with E-state index in [4.69, 9.17) is 19.2 Å². The van der Waals surface area contributed by atoms with Crippen molar-refractivity contribution in [1.82, 2.24) is 10.6 Å². The molecule has 0 spiro atoms. The molecule has 1 aliphatic carbocycles. The Balaban J connectivity index is 0.00000385. The highest BCUT2D eigenvalue weighted by Gasteiger charge is 2.33. The van der Waals surface area contributed by atoms with Gasteiger partial charge in [0, 0.05) is 39.5 Å². The van der Waals surface area contributed by atoms with Crippen LogP contribution in [0, 0.1) is 5.41 Å². The molecule has 0 amide bonds. The zero-order valence-corrected chi connectivity index (χ0v) is 22.9. The lowest BCUT2D eigenvalue weighted by Gasteiger charge is -2.30. The predicted molar refractivity (Wildman–Crippen MR) is 145 cm³/mol. The molecular weight excluding hydrogens is 529 g/mol. The Labute approximate surface area is 217 Å². The fraction of sp³-hybridized carbons (Fsp3) is 0.731. The number of hydrogen-bond acceptors (Lipinski definition) is 4. The molecule has 7 heteroatoms. The summed E-state index contributed by atoms with van der Waals surface area (Å²) in [7, 11) is 0. The van der Waals surface area contributed by atoms with Gasteiger partial charge in [0.25, 0.3) is 0 Å². The molecule has 6 nitrogen and oxygen atoms in total. The van der Waals surface area contributed by atoms with Crippen LogP contribution in [0.3, 0.4) is 0 Å². The van der Waals surface area contributed by atoms with Crippen molar-refractivity contribution in [3.63, 3.8) is 0 Å². The van der Waals surface area contributed by atoms with Gasteiger partial charge in [0.05, 0.1) is 19.3 Å². The fourth-order valence-corrected chi connectivity index (χ4v) is 4.65. The molecule has 1 saturated heterocycles. The first kappa shape index (κ1) is 28.3. The molecule has 2 fully saturated rings. The van der Waals surface area contributed by atoms with E-state index in [1.165, 1.54) is 36.8 Å². The van der Waals surface area contributed by atoms with Gasteiger partial charge in [-0.1, -0.05) is 37.1 Å². The average molecular weight is 574 g/mol. The molecule has 1 aromatic carbocycles. The number of guanidine groups is 1. The average Bonchev–Trinajstić information content (AvgIpc) is 3.30. The van der Waals surface area contributed by atoms with Gasteiger partial charge in [-0.3, -0.25) is 0 Å². The summed E-state index contributed by atoms with van der Waals surface area (Å²) in [5.74, 6) is 0.905. The maximum Gasteiger partial charge on any atom is 0.191 e. The van der Waals surface area contributed by atoms with Crippen molar-refractivity contribution in [2.24, 2.45) is 10.4 Å². The van der Waals surface area contributed by atoms with Crippen LogP contribution in [0.1, 0.15) is 69.9 Å². The SMILES string of the molecule is CCNC(=NCc1ccc(COC2CCOCC2)cc1)NCC1(CCOCC)CCCC1.I. The van der Waals surface area contributed by atoms with E-state index in [-0.39, 0.29) is 24.0 Å². The number of hydrogen-bond donors (Lipinski definition) is 2. The number of halogens is 1. The highest BCUT2D eigenvalue weighted by Crippen LogP contribution is 2.40. The van der Waals surface area contributed by atoms with Gasteiger partial charge in [0.15, 0.2) is 5.96 Å². The Hall–Kier alpha value is -0.900. The lowest BCUT2D eigenvalue weighted by Crippen LogP contribution is -2.43. The van der Waals surface area contributed by atoms with Crippen LogP contribution in [0.15, 0.2) is 29.3 Å². The monoisotopic (exact) mass is 573 g/mol. The molecule has 0 radical (unpaired) electrons. The van der Waals surface area contributed by atoms with Crippen LogP contribution in [0.25, 0.3) is 0 Å². The summed E-state index contributed by atoms with van der Waals surface area (Å²) in [5, 5.41) is 7.03. The lowest BCUT2D eigenvalue weighted by atomic mass is 9.83. The molecule has 0 unspecified atom stereocenters. The Bertz CT molecular complexity index is 672. The van der Waals surface area contributed by atoms with E-state index in [9.17, 15) is 0 Å². The summed E-state index contributed by atoms with van der Waals surface area (Å²) in [6, 6.07) is 8.64. The smallest absolute Gasteiger partial charge is 0.191 e. The normalized spacial score (nSPS) is 18.7. The predicted octanol–water partition coefficient (Wildman–Crippen LogP) is 5.04. The molecule has 1 heterocycles. The van der Waals surface area contributed by atoms with E-state index < -0.39 is 0 Å². The second kappa shape index (κ2) is 15.9. The number of rotatable bonds is 12. The molecule has 2 aliphatic rings. The van der Waals surface area contributed by atoms with Gasteiger partial charge in [-0.2, -0.15) is 0 Å². The topological polar surface area (TPSA) is 64.1 Å². The number of ether oxygens (including phenoxy) is 3. The minimum absolute atomic E-state index is 0. The first-order valence-corrected chi connectivity index (χ1v) is 12.6. The van der Waals surface area contributed by atoms with Crippen molar-refractivity contribution in [2.75, 3.05) is 39.5 Å². The maximum absolute atomic E-state index is 6.03. The summed E-state index contributed by atoms with van der Waals surface area (Å²) < 4.78 is 17.1. The molecular formula is C26H44IN3O3. The molecule has 1 aliphatic heterocycles. The molecule has 1 aromatic rings. The van der Waals surface area contributed by atoms with Crippen LogP contribution < -0.4 is 10.6 Å². The van der Waals surface area contributed by atoms with Gasteiger partial charge in [-0.15, -0.1) is 24.0 Å². The van der Waals surface area contributed by atoms with Crippen LogP contribution in [0.4, 0.5) is 0 Å². The Kier molecular flexibility index (Phi) is 13.7. The van der Waals surface area contributed by atoms with Gasteiger partial charge >= 0.3 is 0 Å². The Morgan fingerprint density at radius 3 is 2.42 bits per heavy atom. The fourth-order valence-electron chi connectivity index (χ4n) is 4.65. The third-order valence-electron chi connectivity index (χ3n) is 6.72. The van der Waals surface area contributed by atoms with Crippen molar-refractivity contribution in [3.05, 3.63) is 35.4 Å². The first-order chi connectivity index (χ1) is 15.7. The van der Waals surface area contributed by atoms with E-state index in [0.717, 1.165) is 64.7 Å². The number of nitrogens with one attached hydrogen (secondary N) is 2. The minimum Gasteiger partial charge on any atom is -0.382 e. The van der Waals surface area contributed by atoms with Crippen molar-refractivity contribution in [2.45, 2.75) is 78.0 Å². The summed E-state index contributed by atoms with van der Waals surface area (Å²) in [6.07, 6.45) is 8.68. The highest BCUT2D eigenvalue weighted by atomic mass is 127. The lowest BCUT2D eigenvalue weighted by molar-refractivity contribution is -0.0390. The van der Waals surface area contributed by atoms with Gasteiger partial charge < -0.3 is 24.8 Å². The Morgan fingerprint density at radius 1 is 1.06 bits per heavy atom. The molecule has 0 bridgehead atoms. The van der Waals surface area contributed by atoms with E-state index >= 15 is 0 Å². The van der Waals surface area contributed by atoms with E-state index in [1.54, 1.807) is 0 Å². The largest absolute Gasteiger partial charge is 0.382 e. The Morgan fingerprint density at radius 2 is 1.76 bits per heavy atom. The van der Waals surface area contributed by atoms with Crippen molar-refractivity contribution in [3.8, 4) is 0 Å². The van der Waals surface area contributed by atoms with Gasteiger partial charge in [0.2, 0.25) is 0 Å². The molecule has 0 atom stereocenters. The maximum atomic E-state index is 6.03. The first-order valence-electron chi connectivity index (χ1n) is 12.6. The summed E-state index contributed by atoms with van der Waals surface area (Å²) in [6.45, 7) is 10.6. The van der Waals surface area contributed by atoms with Crippen molar-refractivity contribution in [1.29, 1.82) is 0 Å². The minimum atomic E-state index is 0. The zero-order chi connectivity index (χ0) is 22.5. The zero-order valence-electron chi connectivity index (χ0n) is 20.6. The standard InChI is InChI=1S/C26H43N3O3.HI/c1-3-27-25(29-21-26(13-5-6-14-26)15-18-30-4-2)28-19-22-7-9-23(10-8-22)20-32-24-11-16-31-17-12-24;/h7-10,24H,3-6,11-21H2,1-2H3,(H2,27,28,29);1H. The van der Waals surface area contributed by atoms with Gasteiger partial charge in [-0.05, 0) is 62.5 Å². The molecule has 0 aromatic heterocycles. The number of aliphatic imine (C=N–C) groups is 1. The summed E-state index contributed by atoms with van der Waals surface area (Å²) in [4.78, 5) is 4.84. The quantitative estimate of drug-likeness (QED) is 0.159. The van der Waals surface area contributed by atoms with E-state index in [2.05, 4.69) is 48.7 Å². The second-order valence-electron chi connectivity index (χ2n) is 9.14. The van der Waals surface area contributed by atoms with Gasteiger partial charge in [-0.25, -0.2) is 4.99 Å². The highest BCUT2D eigenvalue weighted by molar-refractivity contribution is 14.0. The number of benzene rings is 1. The van der Waals surface area contributed by atoms with E-state index in [1.807, 2.05) is 0 Å². The number of nitrogens with zero attached hydrogens (tertiary/aromatic N) is 1. The van der Waals surface area contributed by atoms with Crippen LogP contribution in [0.5, 0.6) is 0 Å². The van der Waals surface area contributed by atoms with Crippen molar-refractivity contribution < 1.29 is 14.2 Å². The third-order valence-corrected chi connectivity index (χ3v) is 6.72. The van der Waals surface area contributed by atoms with Crippen molar-refractivity contribution >= 4 is 29.9 Å². The molecule has 1 saturated carbocycles. The van der Waals surface area contributed by atoms with Crippen LogP contribution >= 0.6 is 24.0 Å². The molecule has 33 heavy (non-hydrogen) atoms. The summed E-state index contributed by atoms with van der Waals surface area (Å²) >= 11 is 0.